The summed E-state index contributed by atoms with van der Waals surface area (Å²) in [6.07, 6.45) is 8.28. The van der Waals surface area contributed by atoms with Gasteiger partial charge in [-0.1, -0.05) is 39.8 Å². The second-order valence-electron chi connectivity index (χ2n) is 1.55. The van der Waals surface area contributed by atoms with Gasteiger partial charge in [0.1, 0.15) is 0 Å². The molecule has 0 aliphatic carbocycles. The summed E-state index contributed by atoms with van der Waals surface area (Å²) in [5.41, 5.74) is 0. The number of hydrogen-bond donors (Lipinski definition) is 0. The number of hydrogen-bond acceptors (Lipinski definition) is 2. The molecule has 0 radical (unpaired) electrons. The van der Waals surface area contributed by atoms with E-state index in [2.05, 4.69) is 25.3 Å². The van der Waals surface area contributed by atoms with Gasteiger partial charge in [0.15, 0.2) is 0 Å². The van der Waals surface area contributed by atoms with E-state index in [-0.39, 0.29) is 0 Å². The fourth-order valence-corrected chi connectivity index (χ4v) is 1.74. The summed E-state index contributed by atoms with van der Waals surface area (Å²) in [5.74, 6) is 0. The Hall–Kier alpha value is 0.180. The van der Waals surface area contributed by atoms with Crippen molar-refractivity contribution in [1.29, 1.82) is 0 Å². The van der Waals surface area contributed by atoms with Gasteiger partial charge in [-0.2, -0.15) is 0 Å². The minimum atomic E-state index is 1.35. The molecule has 9 heavy (non-hydrogen) atoms. The summed E-state index contributed by atoms with van der Waals surface area (Å²) in [6.45, 7) is 4.13. The van der Waals surface area contributed by atoms with E-state index in [1.165, 1.54) is 4.91 Å². The average molecular weight is 160 g/mol. The summed E-state index contributed by atoms with van der Waals surface area (Å²) in [5, 5.41) is 0. The molecule has 0 N–H and O–H groups in total. The first-order valence-electron chi connectivity index (χ1n) is 2.81. The summed E-state index contributed by atoms with van der Waals surface area (Å²) in [6, 6.07) is 0. The number of allylic oxidation sites excluding steroid dienone is 4. The molecule has 0 nitrogen and oxygen atoms in total. The van der Waals surface area contributed by atoms with Crippen LogP contribution in [0.3, 0.4) is 0 Å². The molecule has 0 unspecified atom stereocenters. The minimum absolute atomic E-state index is 1.35. The first kappa shape index (κ1) is 9.18. The van der Waals surface area contributed by atoms with Gasteiger partial charge in [-0.3, -0.25) is 0 Å². The molecular formula is C7H12S2. The van der Waals surface area contributed by atoms with Crippen molar-refractivity contribution in [2.45, 2.75) is 13.8 Å². The van der Waals surface area contributed by atoms with Gasteiger partial charge >= 0.3 is 0 Å². The molecule has 0 aliphatic heterocycles. The lowest BCUT2D eigenvalue weighted by Crippen LogP contribution is -1.58. The quantitative estimate of drug-likeness (QED) is 0.458. The molecule has 0 atom stereocenters. The van der Waals surface area contributed by atoms with Crippen molar-refractivity contribution in [3.05, 3.63) is 23.1 Å². The zero-order chi connectivity index (χ0) is 7.11. The van der Waals surface area contributed by atoms with E-state index < -0.39 is 0 Å². The Kier molecular flexibility index (Phi) is 6.43. The largest absolute Gasteiger partial charge is 0.0927 e. The Morgan fingerprint density at radius 3 is 2.56 bits per heavy atom. The monoisotopic (exact) mass is 160 g/mol. The third-order valence-electron chi connectivity index (χ3n) is 0.738. The Morgan fingerprint density at radius 2 is 2.11 bits per heavy atom. The zero-order valence-corrected chi connectivity index (χ0v) is 7.68. The Morgan fingerprint density at radius 1 is 1.44 bits per heavy atom. The van der Waals surface area contributed by atoms with Crippen LogP contribution in [0.25, 0.3) is 0 Å². The minimum Gasteiger partial charge on any atom is -0.0927 e. The second-order valence-corrected chi connectivity index (χ2v) is 4.20. The fraction of sp³-hybridized carbons (Fsp3) is 0.429. The zero-order valence-electron chi connectivity index (χ0n) is 6.05. The van der Waals surface area contributed by atoms with Crippen molar-refractivity contribution in [3.63, 3.8) is 0 Å². The molecule has 0 fully saturated rings. The van der Waals surface area contributed by atoms with Gasteiger partial charge in [-0.05, 0) is 25.0 Å². The van der Waals surface area contributed by atoms with Crippen LogP contribution in [-0.2, 0) is 0 Å². The van der Waals surface area contributed by atoms with Crippen molar-refractivity contribution in [2.24, 2.45) is 0 Å². The molecule has 0 heterocycles. The highest BCUT2D eigenvalue weighted by atomic mass is 33.1. The molecular weight excluding hydrogens is 148 g/mol. The van der Waals surface area contributed by atoms with Gasteiger partial charge in [-0.25, -0.2) is 0 Å². The third-order valence-corrected chi connectivity index (χ3v) is 2.59. The molecule has 52 valence electrons. The van der Waals surface area contributed by atoms with E-state index in [9.17, 15) is 0 Å². The molecule has 0 saturated carbocycles. The van der Waals surface area contributed by atoms with E-state index in [0.717, 1.165) is 0 Å². The van der Waals surface area contributed by atoms with E-state index in [0.29, 0.717) is 0 Å². The van der Waals surface area contributed by atoms with Crippen LogP contribution in [0.5, 0.6) is 0 Å². The van der Waals surface area contributed by atoms with Crippen molar-refractivity contribution >= 4 is 21.6 Å². The summed E-state index contributed by atoms with van der Waals surface area (Å²) in [4.78, 5) is 1.35. The summed E-state index contributed by atoms with van der Waals surface area (Å²) in [7, 11) is 3.57. The van der Waals surface area contributed by atoms with Gasteiger partial charge in [0.25, 0.3) is 0 Å². The van der Waals surface area contributed by atoms with E-state index in [1.54, 1.807) is 21.6 Å². The Balaban J connectivity index is 3.55. The summed E-state index contributed by atoms with van der Waals surface area (Å²) >= 11 is 0. The molecule has 0 saturated heterocycles. The molecule has 0 amide bonds. The highest BCUT2D eigenvalue weighted by molar-refractivity contribution is 8.77. The van der Waals surface area contributed by atoms with Crippen LogP contribution in [0.2, 0.25) is 0 Å². The molecule has 2 heteroatoms. The van der Waals surface area contributed by atoms with E-state index in [4.69, 9.17) is 0 Å². The van der Waals surface area contributed by atoms with Crippen LogP contribution >= 0.6 is 21.6 Å². The van der Waals surface area contributed by atoms with Crippen molar-refractivity contribution in [2.75, 3.05) is 6.26 Å². The SMILES string of the molecule is C/C=C\C=C(/C)SSC. The molecule has 0 spiro atoms. The van der Waals surface area contributed by atoms with Gasteiger partial charge in [0.2, 0.25) is 0 Å². The molecule has 0 rings (SSSR count). The molecule has 0 aromatic heterocycles. The third kappa shape index (κ3) is 6.06. The maximum Gasteiger partial charge on any atom is -0.00732 e. The Bertz CT molecular complexity index is 114. The molecule has 0 aromatic rings. The van der Waals surface area contributed by atoms with Crippen molar-refractivity contribution in [1.82, 2.24) is 0 Å². The highest BCUT2D eigenvalue weighted by Crippen LogP contribution is 2.26. The lowest BCUT2D eigenvalue weighted by molar-refractivity contribution is 1.65. The maximum absolute atomic E-state index is 2.11. The fourth-order valence-electron chi connectivity index (χ4n) is 0.391. The smallest absolute Gasteiger partial charge is 0.00732 e. The standard InChI is InChI=1S/C7H12S2/c1-4-5-6-7(2)9-8-3/h4-6H,1-3H3/b5-4-,7-6+. The predicted molar refractivity (Wildman–Crippen MR) is 49.7 cm³/mol. The Labute approximate surface area is 65.2 Å². The predicted octanol–water partition coefficient (Wildman–Crippen LogP) is 3.48. The summed E-state index contributed by atoms with van der Waals surface area (Å²) < 4.78 is 0. The maximum atomic E-state index is 2.11. The lowest BCUT2D eigenvalue weighted by atomic mass is 10.5. The molecule has 0 bridgehead atoms. The normalized spacial score (nSPS) is 13.0. The molecule has 0 aromatic carbocycles. The average Bonchev–Trinajstić information content (AvgIpc) is 1.85. The molecule has 0 aliphatic rings. The van der Waals surface area contributed by atoms with Crippen LogP contribution in [0.15, 0.2) is 23.1 Å². The van der Waals surface area contributed by atoms with Crippen LogP contribution in [-0.4, -0.2) is 6.26 Å². The van der Waals surface area contributed by atoms with Crippen LogP contribution in [0.4, 0.5) is 0 Å². The topological polar surface area (TPSA) is 0 Å². The first-order valence-corrected chi connectivity index (χ1v) is 5.37. The first-order chi connectivity index (χ1) is 4.31. The van der Waals surface area contributed by atoms with E-state index >= 15 is 0 Å². The van der Waals surface area contributed by atoms with Crippen LogP contribution in [0.1, 0.15) is 13.8 Å². The second kappa shape index (κ2) is 6.30. The van der Waals surface area contributed by atoms with Crippen LogP contribution in [0, 0.1) is 0 Å². The van der Waals surface area contributed by atoms with E-state index in [1.807, 2.05) is 13.0 Å². The van der Waals surface area contributed by atoms with Gasteiger partial charge < -0.3 is 0 Å². The lowest BCUT2D eigenvalue weighted by Gasteiger charge is -1.91. The van der Waals surface area contributed by atoms with Crippen molar-refractivity contribution < 1.29 is 0 Å². The van der Waals surface area contributed by atoms with Crippen LogP contribution < -0.4 is 0 Å². The van der Waals surface area contributed by atoms with Gasteiger partial charge in [0.05, 0.1) is 0 Å². The highest BCUT2D eigenvalue weighted by Gasteiger charge is 1.82. The van der Waals surface area contributed by atoms with Crippen molar-refractivity contribution in [3.8, 4) is 0 Å². The van der Waals surface area contributed by atoms with Gasteiger partial charge in [-0.15, -0.1) is 0 Å². The number of rotatable bonds is 3. The van der Waals surface area contributed by atoms with Gasteiger partial charge in [0, 0.05) is 0 Å².